The Kier molecular flexibility index (Phi) is 4.48. The zero-order chi connectivity index (χ0) is 19.8. The minimum Gasteiger partial charge on any atom is -0.379 e. The molecule has 0 radical (unpaired) electrons. The lowest BCUT2D eigenvalue weighted by Gasteiger charge is -2.24. The predicted octanol–water partition coefficient (Wildman–Crippen LogP) is 3.02. The highest BCUT2D eigenvalue weighted by Crippen LogP contribution is 2.31. The topological polar surface area (TPSA) is 85.2 Å². The third-order valence-electron chi connectivity index (χ3n) is 5.46. The molecule has 2 aliphatic heterocycles. The molecule has 148 valence electrons. The summed E-state index contributed by atoms with van der Waals surface area (Å²) in [7, 11) is 1.81. The molecule has 0 saturated carbocycles. The van der Waals surface area contributed by atoms with Crippen LogP contribution in [0.1, 0.15) is 34.8 Å². The highest BCUT2D eigenvalue weighted by atomic mass is 16.5. The van der Waals surface area contributed by atoms with Crippen molar-refractivity contribution in [1.82, 2.24) is 24.6 Å². The molecule has 1 amide bonds. The van der Waals surface area contributed by atoms with Gasteiger partial charge in [0.05, 0.1) is 23.9 Å². The largest absolute Gasteiger partial charge is 0.379 e. The van der Waals surface area contributed by atoms with Crippen LogP contribution in [0.25, 0.3) is 11.5 Å². The number of aromatic nitrogens is 4. The Morgan fingerprint density at radius 1 is 1.21 bits per heavy atom. The van der Waals surface area contributed by atoms with Crippen LogP contribution < -0.4 is 5.32 Å². The summed E-state index contributed by atoms with van der Waals surface area (Å²) >= 11 is 0. The van der Waals surface area contributed by atoms with E-state index >= 15 is 0 Å². The molecule has 0 spiro atoms. The van der Waals surface area contributed by atoms with Crippen LogP contribution >= 0.6 is 0 Å². The number of carbonyl (C=O) groups is 1. The number of pyridine rings is 1. The standard InChI is InChI=1S/C21H22N6O2/c1-26-11-14-5-2-7-16(19(14)21(26)28)23-18-9-3-8-17(24-18)20-25-22-13-27(20)15-6-4-10-29-12-15/h2-3,5,7-9,13,15H,4,6,10-12H2,1H3,(H,23,24). The van der Waals surface area contributed by atoms with Gasteiger partial charge >= 0.3 is 0 Å². The van der Waals surface area contributed by atoms with E-state index in [-0.39, 0.29) is 11.9 Å². The van der Waals surface area contributed by atoms with E-state index in [1.807, 2.05) is 48.0 Å². The van der Waals surface area contributed by atoms with Crippen molar-refractivity contribution in [3.63, 3.8) is 0 Å². The van der Waals surface area contributed by atoms with Gasteiger partial charge in [0.1, 0.15) is 17.8 Å². The summed E-state index contributed by atoms with van der Waals surface area (Å²) in [6.07, 6.45) is 3.81. The number of rotatable bonds is 4. The Bertz CT molecular complexity index is 1060. The van der Waals surface area contributed by atoms with E-state index in [2.05, 4.69) is 15.5 Å². The average Bonchev–Trinajstić information content (AvgIpc) is 3.35. The maximum atomic E-state index is 12.5. The Labute approximate surface area is 168 Å². The Hall–Kier alpha value is -3.26. The van der Waals surface area contributed by atoms with Crippen molar-refractivity contribution < 1.29 is 9.53 Å². The molecular formula is C21H22N6O2. The van der Waals surface area contributed by atoms with Crippen LogP contribution in [0.3, 0.4) is 0 Å². The molecule has 2 aromatic heterocycles. The number of anilines is 2. The first-order valence-electron chi connectivity index (χ1n) is 9.80. The number of nitrogens with zero attached hydrogens (tertiary/aromatic N) is 5. The van der Waals surface area contributed by atoms with Crippen molar-refractivity contribution in [2.75, 3.05) is 25.6 Å². The van der Waals surface area contributed by atoms with Gasteiger partial charge in [-0.25, -0.2) is 4.98 Å². The molecule has 1 atom stereocenters. The summed E-state index contributed by atoms with van der Waals surface area (Å²) < 4.78 is 7.66. The molecule has 3 aromatic rings. The smallest absolute Gasteiger partial charge is 0.256 e. The lowest BCUT2D eigenvalue weighted by atomic mass is 10.1. The van der Waals surface area contributed by atoms with Crippen molar-refractivity contribution in [2.45, 2.75) is 25.4 Å². The highest BCUT2D eigenvalue weighted by Gasteiger charge is 2.27. The second kappa shape index (κ2) is 7.29. The molecule has 0 aliphatic carbocycles. The van der Waals surface area contributed by atoms with Gasteiger partial charge in [0.25, 0.3) is 5.91 Å². The van der Waals surface area contributed by atoms with E-state index in [1.54, 1.807) is 11.2 Å². The average molecular weight is 390 g/mol. The highest BCUT2D eigenvalue weighted by molar-refractivity contribution is 6.03. The summed E-state index contributed by atoms with van der Waals surface area (Å²) in [5.41, 5.74) is 3.23. The van der Waals surface area contributed by atoms with Gasteiger partial charge in [-0.2, -0.15) is 0 Å². The fourth-order valence-corrected chi connectivity index (χ4v) is 4.01. The van der Waals surface area contributed by atoms with Gasteiger partial charge in [-0.15, -0.1) is 10.2 Å². The Morgan fingerprint density at radius 3 is 2.97 bits per heavy atom. The van der Waals surface area contributed by atoms with Crippen LogP contribution in [0.2, 0.25) is 0 Å². The lowest BCUT2D eigenvalue weighted by molar-refractivity contribution is 0.0595. The van der Waals surface area contributed by atoms with Crippen LogP contribution in [0.5, 0.6) is 0 Å². The first-order chi connectivity index (χ1) is 14.2. The molecule has 0 bridgehead atoms. The van der Waals surface area contributed by atoms with Gasteiger partial charge in [-0.3, -0.25) is 4.79 Å². The fraction of sp³-hybridized carbons (Fsp3) is 0.333. The van der Waals surface area contributed by atoms with Crippen molar-refractivity contribution in [1.29, 1.82) is 0 Å². The number of ether oxygens (including phenoxy) is 1. The third kappa shape index (κ3) is 3.25. The zero-order valence-electron chi connectivity index (χ0n) is 16.2. The molecule has 2 aliphatic rings. The van der Waals surface area contributed by atoms with Gasteiger partial charge < -0.3 is 19.5 Å². The molecule has 8 nitrogen and oxygen atoms in total. The number of hydrogen-bond donors (Lipinski definition) is 1. The number of carbonyl (C=O) groups excluding carboxylic acids is 1. The number of hydrogen-bond acceptors (Lipinski definition) is 6. The van der Waals surface area contributed by atoms with Gasteiger partial charge in [-0.05, 0) is 36.6 Å². The molecule has 5 rings (SSSR count). The van der Waals surface area contributed by atoms with Crippen LogP contribution in [-0.4, -0.2) is 50.8 Å². The zero-order valence-corrected chi connectivity index (χ0v) is 16.2. The lowest BCUT2D eigenvalue weighted by Crippen LogP contribution is -2.21. The van der Waals surface area contributed by atoms with E-state index in [0.29, 0.717) is 24.5 Å². The SMILES string of the molecule is CN1Cc2cccc(Nc3cccc(-c4nncn4C4CCCOC4)n3)c2C1=O. The molecular weight excluding hydrogens is 368 g/mol. The second-order valence-corrected chi connectivity index (χ2v) is 7.47. The molecule has 29 heavy (non-hydrogen) atoms. The van der Waals surface area contributed by atoms with Gasteiger partial charge in [0.15, 0.2) is 5.82 Å². The van der Waals surface area contributed by atoms with E-state index in [0.717, 1.165) is 42.2 Å². The number of fused-ring (bicyclic) bond motifs is 1. The predicted molar refractivity (Wildman–Crippen MR) is 108 cm³/mol. The van der Waals surface area contributed by atoms with Crippen LogP contribution in [0.4, 0.5) is 11.5 Å². The molecule has 1 saturated heterocycles. The minimum atomic E-state index is 0.0243. The Balaban J connectivity index is 1.45. The van der Waals surface area contributed by atoms with Crippen molar-refractivity contribution in [3.05, 3.63) is 53.9 Å². The molecule has 1 N–H and O–H groups in total. The van der Waals surface area contributed by atoms with Crippen molar-refractivity contribution in [3.8, 4) is 11.5 Å². The first-order valence-corrected chi connectivity index (χ1v) is 9.80. The quantitative estimate of drug-likeness (QED) is 0.737. The van der Waals surface area contributed by atoms with Crippen molar-refractivity contribution in [2.24, 2.45) is 0 Å². The maximum absolute atomic E-state index is 12.5. The van der Waals surface area contributed by atoms with Crippen LogP contribution in [-0.2, 0) is 11.3 Å². The van der Waals surface area contributed by atoms with Gasteiger partial charge in [-0.1, -0.05) is 18.2 Å². The molecule has 1 aromatic carbocycles. The monoisotopic (exact) mass is 390 g/mol. The second-order valence-electron chi connectivity index (χ2n) is 7.47. The number of amides is 1. The van der Waals surface area contributed by atoms with E-state index in [9.17, 15) is 4.79 Å². The van der Waals surface area contributed by atoms with Gasteiger partial charge in [0.2, 0.25) is 0 Å². The summed E-state index contributed by atoms with van der Waals surface area (Å²) in [5, 5.41) is 11.7. The summed E-state index contributed by atoms with van der Waals surface area (Å²) in [4.78, 5) is 19.0. The van der Waals surface area contributed by atoms with E-state index < -0.39 is 0 Å². The minimum absolute atomic E-state index is 0.0243. The maximum Gasteiger partial charge on any atom is 0.256 e. The molecule has 1 unspecified atom stereocenters. The number of benzene rings is 1. The van der Waals surface area contributed by atoms with Crippen LogP contribution in [0.15, 0.2) is 42.7 Å². The first kappa shape index (κ1) is 17.8. The molecule has 1 fully saturated rings. The number of nitrogens with one attached hydrogen (secondary N) is 1. The Morgan fingerprint density at radius 2 is 2.10 bits per heavy atom. The summed E-state index contributed by atoms with van der Waals surface area (Å²) in [6.45, 7) is 2.10. The fourth-order valence-electron chi connectivity index (χ4n) is 4.01. The molecule has 4 heterocycles. The summed E-state index contributed by atoms with van der Waals surface area (Å²) in [5.74, 6) is 1.40. The van der Waals surface area contributed by atoms with Crippen molar-refractivity contribution >= 4 is 17.4 Å². The van der Waals surface area contributed by atoms with E-state index in [1.165, 1.54) is 0 Å². The van der Waals surface area contributed by atoms with E-state index in [4.69, 9.17) is 9.72 Å². The summed E-state index contributed by atoms with van der Waals surface area (Å²) in [6, 6.07) is 11.8. The third-order valence-corrected chi connectivity index (χ3v) is 5.46. The van der Waals surface area contributed by atoms with Gasteiger partial charge in [0, 0.05) is 20.2 Å². The molecule has 8 heteroatoms. The normalized spacial score (nSPS) is 18.7. The van der Waals surface area contributed by atoms with Crippen LogP contribution in [0, 0.1) is 0 Å².